The van der Waals surface area contributed by atoms with Crippen LogP contribution in [0.1, 0.15) is 284 Å². The maximum absolute atomic E-state index is 13.3. The van der Waals surface area contributed by atoms with Crippen LogP contribution in [-0.4, -0.2) is 140 Å². The predicted octanol–water partition coefficient (Wildman–Crippen LogP) is 12.0. The SMILES string of the molecule is CCCCCCCCCCCCCCCCCCCCCC/C=C/CC/C=C/C(O)C(COC1OC(CO)C(OC2OC(CO)C(O)C(O)C2O)C(O)C1O)NC(=O)CCCCCCCCCCCCCCCCCCCC. The Morgan fingerprint density at radius 2 is 0.821 bits per heavy atom. The second kappa shape index (κ2) is 50.0. The summed E-state index contributed by atoms with van der Waals surface area (Å²) in [4.78, 5) is 13.3. The summed E-state index contributed by atoms with van der Waals surface area (Å²) in [7, 11) is 0. The van der Waals surface area contributed by atoms with E-state index in [-0.39, 0.29) is 18.9 Å². The molecular formula is C64H121NO13. The van der Waals surface area contributed by atoms with Crippen LogP contribution < -0.4 is 5.32 Å². The van der Waals surface area contributed by atoms with Crippen LogP contribution in [0.2, 0.25) is 0 Å². The van der Waals surface area contributed by atoms with Crippen LogP contribution in [0.25, 0.3) is 0 Å². The lowest BCUT2D eigenvalue weighted by Gasteiger charge is -2.46. The summed E-state index contributed by atoms with van der Waals surface area (Å²) >= 11 is 0. The summed E-state index contributed by atoms with van der Waals surface area (Å²) in [5.74, 6) is -0.244. The van der Waals surface area contributed by atoms with Crippen LogP contribution in [0, 0.1) is 0 Å². The van der Waals surface area contributed by atoms with E-state index >= 15 is 0 Å². The molecule has 0 saturated carbocycles. The van der Waals surface area contributed by atoms with Gasteiger partial charge in [0.1, 0.15) is 48.8 Å². The van der Waals surface area contributed by atoms with E-state index in [0.29, 0.717) is 12.8 Å². The first kappa shape index (κ1) is 72.6. The van der Waals surface area contributed by atoms with Crippen molar-refractivity contribution >= 4 is 5.91 Å². The average molecular weight is 1110 g/mol. The molecule has 12 unspecified atom stereocenters. The number of unbranched alkanes of at least 4 members (excludes halogenated alkanes) is 38. The van der Waals surface area contributed by atoms with E-state index < -0.39 is 86.8 Å². The van der Waals surface area contributed by atoms with E-state index in [1.165, 1.54) is 218 Å². The molecular weight excluding hydrogens is 991 g/mol. The Bertz CT molecular complexity index is 1400. The molecule has 1 amide bonds. The number of aliphatic hydroxyl groups excluding tert-OH is 8. The van der Waals surface area contributed by atoms with Gasteiger partial charge in [-0.05, 0) is 32.1 Å². The second-order valence-electron chi connectivity index (χ2n) is 23.2. The van der Waals surface area contributed by atoms with Gasteiger partial charge < -0.3 is 65.1 Å². The van der Waals surface area contributed by atoms with Crippen molar-refractivity contribution in [1.82, 2.24) is 5.32 Å². The molecule has 0 aliphatic carbocycles. The molecule has 0 aromatic heterocycles. The van der Waals surface area contributed by atoms with E-state index in [4.69, 9.17) is 18.9 Å². The zero-order valence-electron chi connectivity index (χ0n) is 49.7. The molecule has 14 heteroatoms. The molecule has 2 aliphatic heterocycles. The Labute approximate surface area is 475 Å². The minimum Gasteiger partial charge on any atom is -0.394 e. The maximum atomic E-state index is 13.3. The van der Waals surface area contributed by atoms with Crippen molar-refractivity contribution in [3.63, 3.8) is 0 Å². The van der Waals surface area contributed by atoms with Gasteiger partial charge in [0.15, 0.2) is 12.6 Å². The van der Waals surface area contributed by atoms with Crippen LogP contribution >= 0.6 is 0 Å². The largest absolute Gasteiger partial charge is 0.394 e. The molecule has 0 bridgehead atoms. The first-order valence-electron chi connectivity index (χ1n) is 32.6. The van der Waals surface area contributed by atoms with E-state index in [1.807, 2.05) is 6.08 Å². The molecule has 2 rings (SSSR count). The van der Waals surface area contributed by atoms with Crippen molar-refractivity contribution in [1.29, 1.82) is 0 Å². The quantitative estimate of drug-likeness (QED) is 0.0204. The van der Waals surface area contributed by atoms with Crippen molar-refractivity contribution in [3.05, 3.63) is 24.3 Å². The highest BCUT2D eigenvalue weighted by atomic mass is 16.7. The fourth-order valence-corrected chi connectivity index (χ4v) is 10.9. The number of hydrogen-bond acceptors (Lipinski definition) is 13. The highest BCUT2D eigenvalue weighted by Gasteiger charge is 2.51. The minimum atomic E-state index is -1.79. The highest BCUT2D eigenvalue weighted by Crippen LogP contribution is 2.30. The molecule has 460 valence electrons. The lowest BCUT2D eigenvalue weighted by atomic mass is 9.97. The summed E-state index contributed by atoms with van der Waals surface area (Å²) in [6, 6.07) is -0.928. The third-order valence-corrected chi connectivity index (χ3v) is 16.1. The number of carbonyl (C=O) groups excluding carboxylic acids is 1. The van der Waals surface area contributed by atoms with Crippen molar-refractivity contribution in [2.24, 2.45) is 0 Å². The summed E-state index contributed by atoms with van der Waals surface area (Å²) < 4.78 is 22.8. The van der Waals surface area contributed by atoms with Gasteiger partial charge in [0.25, 0.3) is 0 Å². The van der Waals surface area contributed by atoms with Gasteiger partial charge in [-0.1, -0.05) is 269 Å². The summed E-state index contributed by atoms with van der Waals surface area (Å²) in [6.07, 6.45) is 43.7. The van der Waals surface area contributed by atoms with Crippen LogP contribution in [0.5, 0.6) is 0 Å². The van der Waals surface area contributed by atoms with Gasteiger partial charge in [0.2, 0.25) is 5.91 Å². The molecule has 78 heavy (non-hydrogen) atoms. The number of rotatable bonds is 53. The highest BCUT2D eigenvalue weighted by molar-refractivity contribution is 5.76. The number of amides is 1. The van der Waals surface area contributed by atoms with Gasteiger partial charge in [-0.2, -0.15) is 0 Å². The third kappa shape index (κ3) is 34.8. The average Bonchev–Trinajstić information content (AvgIpc) is 3.44. The lowest BCUT2D eigenvalue weighted by molar-refractivity contribution is -0.359. The van der Waals surface area contributed by atoms with Crippen LogP contribution in [0.3, 0.4) is 0 Å². The fraction of sp³-hybridized carbons (Fsp3) is 0.922. The van der Waals surface area contributed by atoms with Gasteiger partial charge >= 0.3 is 0 Å². The Kier molecular flexibility index (Phi) is 46.5. The molecule has 9 N–H and O–H groups in total. The molecule has 0 spiro atoms. The topological polar surface area (TPSA) is 228 Å². The van der Waals surface area contributed by atoms with E-state index in [0.717, 1.165) is 32.1 Å². The van der Waals surface area contributed by atoms with Crippen LogP contribution in [0.4, 0.5) is 0 Å². The summed E-state index contributed by atoms with van der Waals surface area (Å²) in [5, 5.41) is 87.2. The zero-order chi connectivity index (χ0) is 56.7. The Balaban J connectivity index is 1.73. The van der Waals surface area contributed by atoms with Crippen LogP contribution in [-0.2, 0) is 23.7 Å². The monoisotopic (exact) mass is 1110 g/mol. The number of aliphatic hydroxyl groups is 8. The number of carbonyl (C=O) groups is 1. The van der Waals surface area contributed by atoms with Gasteiger partial charge in [-0.25, -0.2) is 0 Å². The second-order valence-corrected chi connectivity index (χ2v) is 23.2. The first-order valence-corrected chi connectivity index (χ1v) is 32.6. The van der Waals surface area contributed by atoms with E-state index in [1.54, 1.807) is 6.08 Å². The third-order valence-electron chi connectivity index (χ3n) is 16.1. The minimum absolute atomic E-state index is 0.244. The zero-order valence-corrected chi connectivity index (χ0v) is 49.7. The molecule has 0 aromatic carbocycles. The molecule has 14 nitrogen and oxygen atoms in total. The Morgan fingerprint density at radius 1 is 0.449 bits per heavy atom. The Hall–Kier alpha value is -1.53. The van der Waals surface area contributed by atoms with Crippen molar-refractivity contribution < 1.29 is 64.6 Å². The van der Waals surface area contributed by atoms with Crippen molar-refractivity contribution in [3.8, 4) is 0 Å². The Morgan fingerprint density at radius 3 is 1.26 bits per heavy atom. The van der Waals surface area contributed by atoms with Gasteiger partial charge in [0, 0.05) is 6.42 Å². The van der Waals surface area contributed by atoms with Gasteiger partial charge in [-0.3, -0.25) is 4.79 Å². The molecule has 2 aliphatic rings. The predicted molar refractivity (Wildman–Crippen MR) is 314 cm³/mol. The van der Waals surface area contributed by atoms with E-state index in [9.17, 15) is 45.6 Å². The molecule has 0 aromatic rings. The summed E-state index contributed by atoms with van der Waals surface area (Å²) in [6.45, 7) is 2.82. The summed E-state index contributed by atoms with van der Waals surface area (Å²) in [5.41, 5.74) is 0. The molecule has 12 atom stereocenters. The first-order chi connectivity index (χ1) is 38.1. The number of hydrogen-bond donors (Lipinski definition) is 9. The van der Waals surface area contributed by atoms with Crippen LogP contribution in [0.15, 0.2) is 24.3 Å². The molecule has 2 fully saturated rings. The fourth-order valence-electron chi connectivity index (χ4n) is 10.9. The maximum Gasteiger partial charge on any atom is 0.220 e. The normalized spacial score (nSPS) is 24.6. The number of nitrogens with one attached hydrogen (secondary N) is 1. The van der Waals surface area contributed by atoms with E-state index in [2.05, 4.69) is 31.3 Å². The number of ether oxygens (including phenoxy) is 4. The standard InChI is InChI=1S/C64H121NO13/c1-3-5-7-9-11-13-15-17-19-21-23-24-25-26-27-28-29-30-31-33-35-37-39-41-43-45-47-53(68)52(65-56(69)48-46-44-42-40-38-36-34-32-22-20-18-16-14-12-10-8-6-4-2)51-75-63-61(74)59(72)62(55(50-67)77-63)78-64-60(73)58(71)57(70)54(49-66)76-64/h37,39,45,47,52-55,57-64,66-68,70-74H,3-36,38,40-44,46,48-51H2,1-2H3,(H,65,69)/b39-37+,47-45+. The molecule has 0 radical (unpaired) electrons. The lowest BCUT2D eigenvalue weighted by Crippen LogP contribution is -2.65. The van der Waals surface area contributed by atoms with Gasteiger partial charge in [-0.15, -0.1) is 0 Å². The van der Waals surface area contributed by atoms with Gasteiger partial charge in [0.05, 0.1) is 32.0 Å². The molecule has 2 saturated heterocycles. The smallest absolute Gasteiger partial charge is 0.220 e. The van der Waals surface area contributed by atoms with Crippen molar-refractivity contribution in [2.75, 3.05) is 19.8 Å². The number of allylic oxidation sites excluding steroid dienone is 3. The van der Waals surface area contributed by atoms with Crippen molar-refractivity contribution in [2.45, 2.75) is 357 Å². The molecule has 2 heterocycles.